The highest BCUT2D eigenvalue weighted by Crippen LogP contribution is 2.83. The number of fused-ring (bicyclic) bond motifs is 5. The average Bonchev–Trinajstić information content (AvgIpc) is 3.38. The summed E-state index contributed by atoms with van der Waals surface area (Å²) in [5, 5.41) is -1.10. The summed E-state index contributed by atoms with van der Waals surface area (Å²) in [7, 11) is -3.77. The molecule has 0 aliphatic carbocycles. The number of ether oxygens (including phenoxy) is 1. The molecule has 192 valence electrons. The maximum Gasteiger partial charge on any atom is 0.344 e. The van der Waals surface area contributed by atoms with E-state index in [-0.39, 0.29) is 5.41 Å². The highest BCUT2D eigenvalue weighted by Gasteiger charge is 2.81. The molecule has 0 spiro atoms. The molecule has 3 heterocycles. The summed E-state index contributed by atoms with van der Waals surface area (Å²) >= 11 is 0. The third-order valence-electron chi connectivity index (χ3n) is 8.47. The summed E-state index contributed by atoms with van der Waals surface area (Å²) in [4.78, 5) is 0. The molecule has 0 aromatic heterocycles. The Kier molecular flexibility index (Phi) is 5.71. The number of rotatable bonds is 6. The standard InChI is InChI=1S/C32H35O4P/c1-5-6-21-30(37(33)34-22-29(3,4)23-35-37)24(2)31(25-15-9-7-10-16-25)27-19-13-14-20-28(27)32(30,36-31)26-17-11-8-12-18-26/h7-20H,2,5-6,21-23H2,1,3-4H3/t30-,31-,32+/m1/s1. The second-order valence-electron chi connectivity index (χ2n) is 11.4. The van der Waals surface area contributed by atoms with Crippen LogP contribution in [0.3, 0.4) is 0 Å². The van der Waals surface area contributed by atoms with E-state index in [0.29, 0.717) is 19.6 Å². The molecular weight excluding hydrogens is 479 g/mol. The predicted molar refractivity (Wildman–Crippen MR) is 147 cm³/mol. The number of benzene rings is 3. The molecule has 2 bridgehead atoms. The van der Waals surface area contributed by atoms with Crippen molar-refractivity contribution < 1.29 is 18.3 Å². The zero-order valence-corrected chi connectivity index (χ0v) is 22.8. The van der Waals surface area contributed by atoms with E-state index in [1.54, 1.807) is 0 Å². The fraction of sp³-hybridized carbons (Fsp3) is 0.375. The average molecular weight is 515 g/mol. The van der Waals surface area contributed by atoms with E-state index in [4.69, 9.17) is 20.4 Å². The van der Waals surface area contributed by atoms with Crippen LogP contribution in [-0.4, -0.2) is 18.4 Å². The Balaban J connectivity index is 1.73. The van der Waals surface area contributed by atoms with Crippen molar-refractivity contribution in [1.29, 1.82) is 0 Å². The van der Waals surface area contributed by atoms with Crippen LogP contribution in [0, 0.1) is 5.41 Å². The smallest absolute Gasteiger partial charge is 0.344 e. The highest BCUT2D eigenvalue weighted by molar-refractivity contribution is 7.56. The van der Waals surface area contributed by atoms with Gasteiger partial charge in [-0.05, 0) is 34.2 Å². The van der Waals surface area contributed by atoms with E-state index in [1.807, 2.05) is 48.5 Å². The molecule has 37 heavy (non-hydrogen) atoms. The molecule has 0 saturated carbocycles. The van der Waals surface area contributed by atoms with Gasteiger partial charge in [0, 0.05) is 5.41 Å². The Hall–Kier alpha value is -2.49. The molecule has 5 heteroatoms. The fourth-order valence-electron chi connectivity index (χ4n) is 6.73. The van der Waals surface area contributed by atoms with Crippen LogP contribution in [0.4, 0.5) is 0 Å². The van der Waals surface area contributed by atoms with Gasteiger partial charge in [-0.1, -0.05) is 125 Å². The van der Waals surface area contributed by atoms with Crippen LogP contribution in [0.15, 0.2) is 97.1 Å². The Morgan fingerprint density at radius 2 is 1.35 bits per heavy atom. The molecule has 3 aromatic rings. The predicted octanol–water partition coefficient (Wildman–Crippen LogP) is 7.97. The Labute approximate surface area is 220 Å². The molecule has 0 amide bonds. The molecule has 0 unspecified atom stereocenters. The van der Waals surface area contributed by atoms with Gasteiger partial charge in [-0.3, -0.25) is 4.57 Å². The second kappa shape index (κ2) is 8.51. The largest absolute Gasteiger partial charge is 0.344 e. The first kappa shape index (κ1) is 24.8. The van der Waals surface area contributed by atoms with Gasteiger partial charge in [0.05, 0.1) is 13.2 Å². The molecule has 3 aliphatic heterocycles. The van der Waals surface area contributed by atoms with E-state index in [9.17, 15) is 0 Å². The third kappa shape index (κ3) is 3.11. The summed E-state index contributed by atoms with van der Waals surface area (Å²) in [5.41, 5.74) is 2.48. The maximum atomic E-state index is 15.3. The van der Waals surface area contributed by atoms with Crippen molar-refractivity contribution in [3.8, 4) is 0 Å². The monoisotopic (exact) mass is 514 g/mol. The summed E-state index contributed by atoms with van der Waals surface area (Å²) in [6.45, 7) is 11.8. The molecule has 3 aliphatic rings. The molecule has 3 atom stereocenters. The van der Waals surface area contributed by atoms with Crippen LogP contribution >= 0.6 is 7.60 Å². The molecule has 0 radical (unpaired) electrons. The second-order valence-corrected chi connectivity index (χ2v) is 13.7. The van der Waals surface area contributed by atoms with E-state index in [0.717, 1.165) is 40.7 Å². The van der Waals surface area contributed by atoms with Gasteiger partial charge >= 0.3 is 7.60 Å². The summed E-state index contributed by atoms with van der Waals surface area (Å²) < 4.78 is 35.6. The van der Waals surface area contributed by atoms with E-state index >= 15 is 4.57 Å². The van der Waals surface area contributed by atoms with E-state index < -0.39 is 24.0 Å². The maximum absolute atomic E-state index is 15.3. The Bertz CT molecular complexity index is 1370. The first-order valence-corrected chi connectivity index (χ1v) is 14.8. The Morgan fingerprint density at radius 1 is 0.811 bits per heavy atom. The van der Waals surface area contributed by atoms with Crippen molar-refractivity contribution in [2.45, 2.75) is 56.4 Å². The lowest BCUT2D eigenvalue weighted by molar-refractivity contribution is -0.0528. The van der Waals surface area contributed by atoms with Crippen molar-refractivity contribution in [2.24, 2.45) is 5.41 Å². The van der Waals surface area contributed by atoms with Gasteiger partial charge in [0.25, 0.3) is 0 Å². The minimum absolute atomic E-state index is 0.228. The van der Waals surface area contributed by atoms with Crippen LogP contribution < -0.4 is 0 Å². The molecule has 0 N–H and O–H groups in total. The molecular formula is C32H35O4P. The van der Waals surface area contributed by atoms with Crippen LogP contribution in [0.5, 0.6) is 0 Å². The van der Waals surface area contributed by atoms with E-state index in [1.165, 1.54) is 0 Å². The molecule has 2 saturated heterocycles. The molecule has 2 fully saturated rings. The lowest BCUT2D eigenvalue weighted by Crippen LogP contribution is -2.53. The van der Waals surface area contributed by atoms with Crippen molar-refractivity contribution in [2.75, 3.05) is 13.2 Å². The topological polar surface area (TPSA) is 44.8 Å². The van der Waals surface area contributed by atoms with Crippen molar-refractivity contribution in [3.63, 3.8) is 0 Å². The first-order valence-electron chi connectivity index (χ1n) is 13.3. The number of hydrogen-bond acceptors (Lipinski definition) is 4. The molecule has 4 nitrogen and oxygen atoms in total. The fourth-order valence-corrected chi connectivity index (χ4v) is 9.89. The van der Waals surface area contributed by atoms with Gasteiger partial charge in [0.15, 0.2) is 0 Å². The normalized spacial score (nSPS) is 31.3. The van der Waals surface area contributed by atoms with Crippen LogP contribution in [0.2, 0.25) is 0 Å². The van der Waals surface area contributed by atoms with Crippen molar-refractivity contribution in [1.82, 2.24) is 0 Å². The zero-order chi connectivity index (χ0) is 25.9. The van der Waals surface area contributed by atoms with Crippen LogP contribution in [0.1, 0.15) is 62.3 Å². The zero-order valence-electron chi connectivity index (χ0n) is 21.9. The first-order chi connectivity index (χ1) is 17.8. The summed E-state index contributed by atoms with van der Waals surface area (Å²) in [6.07, 6.45) is 2.35. The quantitative estimate of drug-likeness (QED) is 0.247. The SMILES string of the molecule is C=C1[C@]2(c3ccccc3)O[C@@](c3ccccc3)(c3ccccc32)[C@]1(CCCC)P1(=O)OCC(C)(C)CO1. The van der Waals surface area contributed by atoms with Crippen molar-refractivity contribution in [3.05, 3.63) is 119 Å². The summed E-state index contributed by atoms with van der Waals surface area (Å²) in [6, 6.07) is 28.8. The lowest BCUT2D eigenvalue weighted by Gasteiger charge is -2.52. The van der Waals surface area contributed by atoms with Crippen LogP contribution in [-0.2, 0) is 29.6 Å². The van der Waals surface area contributed by atoms with Gasteiger partial charge in [-0.15, -0.1) is 0 Å². The lowest BCUT2D eigenvalue weighted by atomic mass is 9.62. The van der Waals surface area contributed by atoms with Gasteiger partial charge in [0.1, 0.15) is 16.4 Å². The van der Waals surface area contributed by atoms with Gasteiger partial charge in [-0.2, -0.15) is 0 Å². The van der Waals surface area contributed by atoms with Gasteiger partial charge in [-0.25, -0.2) is 0 Å². The number of unbranched alkanes of at least 4 members (excludes halogenated alkanes) is 1. The van der Waals surface area contributed by atoms with Gasteiger partial charge < -0.3 is 13.8 Å². The summed E-state index contributed by atoms with van der Waals surface area (Å²) in [5.74, 6) is 0. The third-order valence-corrected chi connectivity index (χ3v) is 11.2. The van der Waals surface area contributed by atoms with E-state index in [2.05, 4.69) is 57.2 Å². The van der Waals surface area contributed by atoms with Crippen molar-refractivity contribution >= 4 is 7.60 Å². The highest BCUT2D eigenvalue weighted by atomic mass is 31.2. The molecule has 3 aromatic carbocycles. The van der Waals surface area contributed by atoms with Crippen LogP contribution in [0.25, 0.3) is 0 Å². The molecule has 6 rings (SSSR count). The minimum atomic E-state index is -3.77. The Morgan fingerprint density at radius 3 is 1.95 bits per heavy atom. The minimum Gasteiger partial charge on any atom is -0.344 e. The van der Waals surface area contributed by atoms with Gasteiger partial charge in [0.2, 0.25) is 0 Å². The number of hydrogen-bond donors (Lipinski definition) is 0.